The summed E-state index contributed by atoms with van der Waals surface area (Å²) >= 11 is 0. The smallest absolute Gasteiger partial charge is 0.265 e. The van der Waals surface area contributed by atoms with Crippen LogP contribution in [0, 0.1) is 0 Å². The number of benzene rings is 1. The summed E-state index contributed by atoms with van der Waals surface area (Å²) in [5.74, 6) is -0.890. The molecule has 0 spiro atoms. The van der Waals surface area contributed by atoms with E-state index < -0.39 is 15.9 Å². The van der Waals surface area contributed by atoms with Gasteiger partial charge in [0, 0.05) is 24.5 Å². The first-order valence-corrected chi connectivity index (χ1v) is 7.79. The second kappa shape index (κ2) is 5.64. The van der Waals surface area contributed by atoms with E-state index in [0.717, 1.165) is 0 Å². The van der Waals surface area contributed by atoms with Gasteiger partial charge in [-0.3, -0.25) is 14.3 Å². The van der Waals surface area contributed by atoms with Crippen LogP contribution >= 0.6 is 0 Å². The Kier molecular flexibility index (Phi) is 4.05. The number of aryl methyl sites for hydroxylation is 1. The van der Waals surface area contributed by atoms with E-state index >= 15 is 0 Å². The van der Waals surface area contributed by atoms with Crippen LogP contribution in [0.3, 0.4) is 0 Å². The number of carbonyl (C=O) groups excluding carboxylic acids is 2. The molecule has 8 heteroatoms. The van der Waals surface area contributed by atoms with Crippen molar-refractivity contribution in [1.82, 2.24) is 4.57 Å². The Balaban J connectivity index is 2.36. The summed E-state index contributed by atoms with van der Waals surface area (Å²) < 4.78 is 28.3. The van der Waals surface area contributed by atoms with E-state index in [1.807, 2.05) is 0 Å². The third-order valence-corrected chi connectivity index (χ3v) is 4.41. The molecule has 1 aromatic carbocycles. The minimum absolute atomic E-state index is 0.0814. The molecule has 1 amide bonds. The number of aromatic nitrogens is 1. The molecule has 2 rings (SSSR count). The molecule has 0 unspecified atom stereocenters. The fourth-order valence-electron chi connectivity index (χ4n) is 1.94. The highest BCUT2D eigenvalue weighted by molar-refractivity contribution is 7.92. The minimum Gasteiger partial charge on any atom is -0.364 e. The zero-order valence-corrected chi connectivity index (χ0v) is 12.8. The number of sulfonamides is 1. The molecule has 0 bridgehead atoms. The fraction of sp³-hybridized carbons (Fsp3) is 0.143. The highest BCUT2D eigenvalue weighted by atomic mass is 32.2. The van der Waals surface area contributed by atoms with Crippen LogP contribution in [0.25, 0.3) is 0 Å². The average molecular weight is 321 g/mol. The van der Waals surface area contributed by atoms with Crippen molar-refractivity contribution in [1.29, 1.82) is 0 Å². The number of nitrogens with zero attached hydrogens (tertiary/aromatic N) is 1. The molecular formula is C14H15N3O4S. The third-order valence-electron chi connectivity index (χ3n) is 3.06. The van der Waals surface area contributed by atoms with Crippen LogP contribution in [0.4, 0.5) is 5.69 Å². The van der Waals surface area contributed by atoms with Gasteiger partial charge < -0.3 is 10.3 Å². The largest absolute Gasteiger partial charge is 0.364 e. The third kappa shape index (κ3) is 3.17. The standard InChI is InChI=1S/C14H15N3O4S/c1-9(18)10-4-3-5-11(6-10)16-22(20,21)12-7-13(14(15)19)17(2)8-12/h3-8,16H,1-2H3,(H2,15,19). The van der Waals surface area contributed by atoms with E-state index in [9.17, 15) is 18.0 Å². The van der Waals surface area contributed by atoms with Crippen LogP contribution in [0.15, 0.2) is 41.4 Å². The van der Waals surface area contributed by atoms with Crippen LogP contribution in [-0.2, 0) is 17.1 Å². The van der Waals surface area contributed by atoms with E-state index in [-0.39, 0.29) is 22.1 Å². The average Bonchev–Trinajstić information content (AvgIpc) is 2.81. The molecule has 0 aliphatic carbocycles. The number of nitrogens with one attached hydrogen (secondary N) is 1. The number of rotatable bonds is 5. The number of carbonyl (C=O) groups is 2. The SMILES string of the molecule is CC(=O)c1cccc(NS(=O)(=O)c2cc(C(N)=O)n(C)c2)c1. The Bertz CT molecular complexity index is 853. The van der Waals surface area contributed by atoms with E-state index in [2.05, 4.69) is 4.72 Å². The van der Waals surface area contributed by atoms with Crippen LogP contribution < -0.4 is 10.5 Å². The van der Waals surface area contributed by atoms with Gasteiger partial charge in [0.1, 0.15) is 10.6 Å². The molecule has 0 saturated heterocycles. The lowest BCUT2D eigenvalue weighted by atomic mass is 10.1. The predicted molar refractivity (Wildman–Crippen MR) is 81.2 cm³/mol. The van der Waals surface area contributed by atoms with Crippen molar-refractivity contribution in [2.45, 2.75) is 11.8 Å². The highest BCUT2D eigenvalue weighted by Crippen LogP contribution is 2.19. The molecule has 0 aliphatic heterocycles. The van der Waals surface area contributed by atoms with Crippen molar-refractivity contribution >= 4 is 27.4 Å². The quantitative estimate of drug-likeness (QED) is 0.804. The topological polar surface area (TPSA) is 111 Å². The monoisotopic (exact) mass is 321 g/mol. The molecule has 7 nitrogen and oxygen atoms in total. The second-order valence-electron chi connectivity index (χ2n) is 4.78. The van der Waals surface area contributed by atoms with Gasteiger partial charge in [-0.25, -0.2) is 8.42 Å². The van der Waals surface area contributed by atoms with Gasteiger partial charge in [0.15, 0.2) is 5.78 Å². The number of nitrogens with two attached hydrogens (primary N) is 1. The lowest BCUT2D eigenvalue weighted by Gasteiger charge is -2.07. The molecule has 0 fully saturated rings. The summed E-state index contributed by atoms with van der Waals surface area (Å²) in [4.78, 5) is 22.4. The van der Waals surface area contributed by atoms with Gasteiger partial charge in [-0.1, -0.05) is 12.1 Å². The van der Waals surface area contributed by atoms with Crippen molar-refractivity contribution in [3.8, 4) is 0 Å². The maximum absolute atomic E-state index is 12.3. The van der Waals surface area contributed by atoms with E-state index in [0.29, 0.717) is 5.56 Å². The molecule has 2 aromatic rings. The molecule has 0 saturated carbocycles. The first-order chi connectivity index (χ1) is 10.2. The van der Waals surface area contributed by atoms with Crippen molar-refractivity contribution in [2.24, 2.45) is 12.8 Å². The van der Waals surface area contributed by atoms with E-state index in [1.165, 1.54) is 42.9 Å². The zero-order chi connectivity index (χ0) is 16.5. The van der Waals surface area contributed by atoms with Crippen LogP contribution in [0.2, 0.25) is 0 Å². The summed E-state index contributed by atoms with van der Waals surface area (Å²) in [5.41, 5.74) is 5.90. The van der Waals surface area contributed by atoms with Crippen molar-refractivity contribution in [3.05, 3.63) is 47.8 Å². The van der Waals surface area contributed by atoms with Crippen molar-refractivity contribution < 1.29 is 18.0 Å². The summed E-state index contributed by atoms with van der Waals surface area (Å²) in [6.07, 6.45) is 1.29. The summed E-state index contributed by atoms with van der Waals surface area (Å²) in [7, 11) is -2.36. The number of anilines is 1. The summed E-state index contributed by atoms with van der Waals surface area (Å²) in [6.45, 7) is 1.39. The van der Waals surface area contributed by atoms with Gasteiger partial charge in [-0.05, 0) is 25.1 Å². The number of hydrogen-bond donors (Lipinski definition) is 2. The number of hydrogen-bond acceptors (Lipinski definition) is 4. The molecular weight excluding hydrogens is 306 g/mol. The normalized spacial score (nSPS) is 11.2. The van der Waals surface area contributed by atoms with E-state index in [1.54, 1.807) is 12.1 Å². The highest BCUT2D eigenvalue weighted by Gasteiger charge is 2.19. The van der Waals surface area contributed by atoms with Crippen LogP contribution in [0.1, 0.15) is 27.8 Å². The van der Waals surface area contributed by atoms with Crippen molar-refractivity contribution in [2.75, 3.05) is 4.72 Å². The number of primary amides is 1. The predicted octanol–water partition coefficient (Wildman–Crippen LogP) is 1.13. The molecule has 116 valence electrons. The minimum atomic E-state index is -3.88. The van der Waals surface area contributed by atoms with Crippen LogP contribution in [0.5, 0.6) is 0 Å². The van der Waals surface area contributed by atoms with E-state index in [4.69, 9.17) is 5.73 Å². The molecule has 3 N–H and O–H groups in total. The van der Waals surface area contributed by atoms with Gasteiger partial charge >= 0.3 is 0 Å². The number of amides is 1. The lowest BCUT2D eigenvalue weighted by Crippen LogP contribution is -2.14. The number of Topliss-reactive ketones (excluding diaryl/α,β-unsaturated/α-hetero) is 1. The summed E-state index contributed by atoms with van der Waals surface area (Å²) in [6, 6.07) is 7.33. The molecule has 1 aromatic heterocycles. The zero-order valence-electron chi connectivity index (χ0n) is 12.0. The first kappa shape index (κ1) is 15.8. The maximum Gasteiger partial charge on any atom is 0.265 e. The van der Waals surface area contributed by atoms with Gasteiger partial charge in [-0.2, -0.15) is 0 Å². The second-order valence-corrected chi connectivity index (χ2v) is 6.46. The van der Waals surface area contributed by atoms with Gasteiger partial charge in [0.05, 0.1) is 0 Å². The van der Waals surface area contributed by atoms with Gasteiger partial charge in [-0.15, -0.1) is 0 Å². The molecule has 0 aliphatic rings. The maximum atomic E-state index is 12.3. The Morgan fingerprint density at radius 2 is 1.91 bits per heavy atom. The molecule has 22 heavy (non-hydrogen) atoms. The fourth-order valence-corrected chi connectivity index (χ4v) is 3.06. The van der Waals surface area contributed by atoms with Crippen LogP contribution in [-0.4, -0.2) is 24.7 Å². The molecule has 0 radical (unpaired) electrons. The Hall–Kier alpha value is -2.61. The first-order valence-electron chi connectivity index (χ1n) is 6.30. The van der Waals surface area contributed by atoms with Gasteiger partial charge in [0.2, 0.25) is 0 Å². The lowest BCUT2D eigenvalue weighted by molar-refractivity contribution is 0.0989. The number of ketones is 1. The Labute approximate surface area is 127 Å². The Morgan fingerprint density at radius 1 is 1.23 bits per heavy atom. The molecule has 0 atom stereocenters. The van der Waals surface area contributed by atoms with Gasteiger partial charge in [0.25, 0.3) is 15.9 Å². The van der Waals surface area contributed by atoms with Crippen molar-refractivity contribution in [3.63, 3.8) is 0 Å². The molecule has 1 heterocycles. The Morgan fingerprint density at radius 3 is 2.45 bits per heavy atom. The summed E-state index contributed by atoms with van der Waals surface area (Å²) in [5, 5.41) is 0.